The predicted molar refractivity (Wildman–Crippen MR) is 109 cm³/mol. The highest BCUT2D eigenvalue weighted by Gasteiger charge is 2.09. The number of halogens is 1. The summed E-state index contributed by atoms with van der Waals surface area (Å²) in [6.07, 6.45) is 3.32. The van der Waals surface area contributed by atoms with Crippen molar-refractivity contribution in [2.24, 2.45) is 0 Å². The standard InChI is InChI=1S/C22H24FN3O4/c1-28-18-10-6-16(7-11-18)22-25-21(30-26-22)5-3-2-4-14-24-20(27)15-29-19-12-8-17(23)9-13-19/h6-13H,2-5,14-15H2,1H3,(H,24,27). The monoisotopic (exact) mass is 413 g/mol. The first kappa shape index (κ1) is 21.3. The molecular formula is C22H24FN3O4. The van der Waals surface area contributed by atoms with Gasteiger partial charge in [-0.2, -0.15) is 4.98 Å². The lowest BCUT2D eigenvalue weighted by molar-refractivity contribution is -0.123. The highest BCUT2D eigenvalue weighted by atomic mass is 19.1. The van der Waals surface area contributed by atoms with E-state index < -0.39 is 0 Å². The molecule has 0 bridgehead atoms. The Morgan fingerprint density at radius 1 is 1.03 bits per heavy atom. The van der Waals surface area contributed by atoms with E-state index in [1.807, 2.05) is 24.3 Å². The van der Waals surface area contributed by atoms with E-state index >= 15 is 0 Å². The van der Waals surface area contributed by atoms with Crippen molar-refractivity contribution in [2.45, 2.75) is 25.7 Å². The van der Waals surface area contributed by atoms with Crippen LogP contribution >= 0.6 is 0 Å². The van der Waals surface area contributed by atoms with E-state index in [0.29, 0.717) is 30.4 Å². The molecule has 1 amide bonds. The number of unbranched alkanes of at least 4 members (excludes halogenated alkanes) is 2. The number of methoxy groups -OCH3 is 1. The number of carbonyl (C=O) groups excluding carboxylic acids is 1. The molecule has 1 N–H and O–H groups in total. The first-order valence-corrected chi connectivity index (χ1v) is 9.76. The fraction of sp³-hybridized carbons (Fsp3) is 0.318. The second kappa shape index (κ2) is 10.9. The Balaban J connectivity index is 1.28. The largest absolute Gasteiger partial charge is 0.497 e. The molecule has 0 fully saturated rings. The third-order valence-electron chi connectivity index (χ3n) is 4.39. The number of nitrogens with zero attached hydrogens (tertiary/aromatic N) is 2. The lowest BCUT2D eigenvalue weighted by atomic mass is 10.2. The molecule has 8 heteroatoms. The number of nitrogens with one attached hydrogen (secondary N) is 1. The predicted octanol–water partition coefficient (Wildman–Crippen LogP) is 3.79. The number of benzene rings is 2. The van der Waals surface area contributed by atoms with Gasteiger partial charge < -0.3 is 19.3 Å². The normalized spacial score (nSPS) is 10.6. The van der Waals surface area contributed by atoms with E-state index in [4.69, 9.17) is 14.0 Å². The van der Waals surface area contributed by atoms with Gasteiger partial charge in [0.2, 0.25) is 11.7 Å². The number of amides is 1. The zero-order chi connectivity index (χ0) is 21.2. The van der Waals surface area contributed by atoms with Crippen molar-refractivity contribution in [1.29, 1.82) is 0 Å². The van der Waals surface area contributed by atoms with Crippen LogP contribution in [0.2, 0.25) is 0 Å². The molecule has 0 aliphatic rings. The average molecular weight is 413 g/mol. The molecule has 1 heterocycles. The van der Waals surface area contributed by atoms with Crippen LogP contribution in [-0.2, 0) is 11.2 Å². The van der Waals surface area contributed by atoms with E-state index in [2.05, 4.69) is 15.5 Å². The molecule has 0 saturated carbocycles. The van der Waals surface area contributed by atoms with Crippen LogP contribution in [0.1, 0.15) is 25.2 Å². The maximum atomic E-state index is 12.8. The molecule has 3 rings (SSSR count). The first-order valence-electron chi connectivity index (χ1n) is 9.76. The Labute approximate surface area is 174 Å². The lowest BCUT2D eigenvalue weighted by Gasteiger charge is -2.07. The van der Waals surface area contributed by atoms with Gasteiger partial charge in [-0.3, -0.25) is 4.79 Å². The van der Waals surface area contributed by atoms with Crippen LogP contribution in [0, 0.1) is 5.82 Å². The van der Waals surface area contributed by atoms with Crippen LogP contribution in [0.15, 0.2) is 53.1 Å². The van der Waals surface area contributed by atoms with Crippen molar-refractivity contribution >= 4 is 5.91 Å². The topological polar surface area (TPSA) is 86.5 Å². The fourth-order valence-electron chi connectivity index (χ4n) is 2.75. The van der Waals surface area contributed by atoms with Crippen LogP contribution in [0.3, 0.4) is 0 Å². The Kier molecular flexibility index (Phi) is 7.77. The van der Waals surface area contributed by atoms with E-state index in [9.17, 15) is 9.18 Å². The van der Waals surface area contributed by atoms with Crippen molar-refractivity contribution in [3.8, 4) is 22.9 Å². The van der Waals surface area contributed by atoms with Crippen molar-refractivity contribution in [3.05, 3.63) is 60.2 Å². The maximum absolute atomic E-state index is 12.8. The summed E-state index contributed by atoms with van der Waals surface area (Å²) >= 11 is 0. The molecule has 0 aliphatic carbocycles. The summed E-state index contributed by atoms with van der Waals surface area (Å²) in [4.78, 5) is 16.2. The minimum Gasteiger partial charge on any atom is -0.497 e. The second-order valence-electron chi connectivity index (χ2n) is 6.64. The second-order valence-corrected chi connectivity index (χ2v) is 6.64. The van der Waals surface area contributed by atoms with E-state index in [1.54, 1.807) is 7.11 Å². The summed E-state index contributed by atoms with van der Waals surface area (Å²) in [5, 5.41) is 6.81. The summed E-state index contributed by atoms with van der Waals surface area (Å²) in [5.41, 5.74) is 0.872. The van der Waals surface area contributed by atoms with E-state index in [-0.39, 0.29) is 18.3 Å². The Hall–Kier alpha value is -3.42. The van der Waals surface area contributed by atoms with Gasteiger partial charge in [0.1, 0.15) is 17.3 Å². The lowest BCUT2D eigenvalue weighted by Crippen LogP contribution is -2.29. The summed E-state index contributed by atoms with van der Waals surface area (Å²) in [7, 11) is 1.62. The Morgan fingerprint density at radius 2 is 1.77 bits per heavy atom. The molecule has 0 saturated heterocycles. The maximum Gasteiger partial charge on any atom is 0.257 e. The number of rotatable bonds is 11. The van der Waals surface area contributed by atoms with Crippen LogP contribution < -0.4 is 14.8 Å². The van der Waals surface area contributed by atoms with Crippen LogP contribution in [0.4, 0.5) is 4.39 Å². The molecule has 3 aromatic rings. The quantitative estimate of drug-likeness (QED) is 0.481. The fourth-order valence-corrected chi connectivity index (χ4v) is 2.75. The number of hydrogen-bond donors (Lipinski definition) is 1. The summed E-state index contributed by atoms with van der Waals surface area (Å²) < 4.78 is 28.5. The number of aryl methyl sites for hydroxylation is 1. The van der Waals surface area contributed by atoms with Gasteiger partial charge in [0.15, 0.2) is 6.61 Å². The highest BCUT2D eigenvalue weighted by molar-refractivity contribution is 5.77. The van der Waals surface area contributed by atoms with Gasteiger partial charge in [0.25, 0.3) is 5.91 Å². The first-order chi connectivity index (χ1) is 14.6. The Morgan fingerprint density at radius 3 is 2.50 bits per heavy atom. The molecule has 2 aromatic carbocycles. The molecule has 30 heavy (non-hydrogen) atoms. The van der Waals surface area contributed by atoms with Crippen LogP contribution in [0.5, 0.6) is 11.5 Å². The van der Waals surface area contributed by atoms with Crippen molar-refractivity contribution < 1.29 is 23.2 Å². The molecule has 1 aromatic heterocycles. The van der Waals surface area contributed by atoms with Crippen molar-refractivity contribution in [1.82, 2.24) is 15.5 Å². The van der Waals surface area contributed by atoms with Crippen LogP contribution in [0.25, 0.3) is 11.4 Å². The number of aromatic nitrogens is 2. The molecule has 0 radical (unpaired) electrons. The third-order valence-corrected chi connectivity index (χ3v) is 4.39. The van der Waals surface area contributed by atoms with E-state index in [1.165, 1.54) is 24.3 Å². The van der Waals surface area contributed by atoms with Gasteiger partial charge in [-0.25, -0.2) is 4.39 Å². The highest BCUT2D eigenvalue weighted by Crippen LogP contribution is 2.20. The number of ether oxygens (including phenoxy) is 2. The number of hydrogen-bond acceptors (Lipinski definition) is 6. The number of carbonyl (C=O) groups is 1. The minimum absolute atomic E-state index is 0.0955. The molecule has 158 valence electrons. The molecular weight excluding hydrogens is 389 g/mol. The van der Waals surface area contributed by atoms with Gasteiger partial charge >= 0.3 is 0 Å². The minimum atomic E-state index is -0.343. The molecule has 0 atom stereocenters. The van der Waals surface area contributed by atoms with Gasteiger partial charge in [0, 0.05) is 18.5 Å². The van der Waals surface area contributed by atoms with Crippen molar-refractivity contribution in [2.75, 3.05) is 20.3 Å². The Bertz CT molecular complexity index is 926. The van der Waals surface area contributed by atoms with E-state index in [0.717, 1.165) is 30.6 Å². The van der Waals surface area contributed by atoms with Gasteiger partial charge in [0.05, 0.1) is 7.11 Å². The summed E-state index contributed by atoms with van der Waals surface area (Å²) in [6, 6.07) is 13.0. The summed E-state index contributed by atoms with van der Waals surface area (Å²) in [5.74, 6) is 1.83. The van der Waals surface area contributed by atoms with Crippen LogP contribution in [-0.4, -0.2) is 36.3 Å². The van der Waals surface area contributed by atoms with Gasteiger partial charge in [-0.05, 0) is 61.4 Å². The third kappa shape index (κ3) is 6.58. The molecule has 0 aliphatic heterocycles. The molecule has 0 unspecified atom stereocenters. The SMILES string of the molecule is COc1ccc(-c2noc(CCCCCNC(=O)COc3ccc(F)cc3)n2)cc1. The molecule has 0 spiro atoms. The molecule has 7 nitrogen and oxygen atoms in total. The zero-order valence-electron chi connectivity index (χ0n) is 16.8. The zero-order valence-corrected chi connectivity index (χ0v) is 16.8. The smallest absolute Gasteiger partial charge is 0.257 e. The summed E-state index contributed by atoms with van der Waals surface area (Å²) in [6.45, 7) is 0.467. The van der Waals surface area contributed by atoms with Crippen molar-refractivity contribution in [3.63, 3.8) is 0 Å². The van der Waals surface area contributed by atoms with Gasteiger partial charge in [-0.15, -0.1) is 0 Å². The average Bonchev–Trinajstić information content (AvgIpc) is 3.25. The van der Waals surface area contributed by atoms with Gasteiger partial charge in [-0.1, -0.05) is 11.6 Å².